The Morgan fingerprint density at radius 1 is 1.00 bits per heavy atom. The predicted octanol–water partition coefficient (Wildman–Crippen LogP) is 7.38. The van der Waals surface area contributed by atoms with Gasteiger partial charge in [0.05, 0.1) is 28.5 Å². The molecule has 2 heterocycles. The highest BCUT2D eigenvalue weighted by molar-refractivity contribution is 6.08. The first kappa shape index (κ1) is 25.5. The lowest BCUT2D eigenvalue weighted by Gasteiger charge is -2.23. The summed E-state index contributed by atoms with van der Waals surface area (Å²) >= 11 is 0. The lowest BCUT2D eigenvalue weighted by Crippen LogP contribution is -2.24. The Hall–Kier alpha value is -3.62. The van der Waals surface area contributed by atoms with E-state index in [2.05, 4.69) is 10.4 Å². The Kier molecular flexibility index (Phi) is 6.93. The van der Waals surface area contributed by atoms with Crippen molar-refractivity contribution in [1.82, 2.24) is 14.3 Å². The van der Waals surface area contributed by atoms with Crippen LogP contribution in [0.5, 0.6) is 0 Å². The minimum Gasteiger partial charge on any atom is -0.347 e. The smallest absolute Gasteiger partial charge is 0.347 e. The SMILES string of the molecule is CC(C)(C)n1ncc(C(=O)Nc2ccc3ccn(CCCCC(F)(F)F)c3c2)c1-c1ccc(F)cc1. The minimum atomic E-state index is -4.15. The van der Waals surface area contributed by atoms with Crippen LogP contribution in [0.15, 0.2) is 60.9 Å². The molecule has 0 unspecified atom stereocenters. The number of nitrogens with one attached hydrogen (secondary N) is 1. The van der Waals surface area contributed by atoms with E-state index in [9.17, 15) is 22.4 Å². The van der Waals surface area contributed by atoms with Gasteiger partial charge in [0.1, 0.15) is 5.82 Å². The normalized spacial score (nSPS) is 12.3. The summed E-state index contributed by atoms with van der Waals surface area (Å²) in [5, 5.41) is 8.28. The highest BCUT2D eigenvalue weighted by atomic mass is 19.4. The molecule has 0 radical (unpaired) electrons. The van der Waals surface area contributed by atoms with E-state index in [0.29, 0.717) is 35.5 Å². The fraction of sp³-hybridized carbons (Fsp3) is 0.333. The van der Waals surface area contributed by atoms with Gasteiger partial charge in [0.15, 0.2) is 0 Å². The molecule has 2 aromatic carbocycles. The number of aromatic nitrogens is 3. The van der Waals surface area contributed by atoms with Crippen molar-refractivity contribution >= 4 is 22.5 Å². The summed E-state index contributed by atoms with van der Waals surface area (Å²) in [4.78, 5) is 13.3. The second-order valence-electron chi connectivity index (χ2n) is 9.81. The summed E-state index contributed by atoms with van der Waals surface area (Å²) in [7, 11) is 0. The van der Waals surface area contributed by atoms with Crippen LogP contribution >= 0.6 is 0 Å². The summed E-state index contributed by atoms with van der Waals surface area (Å²) in [5.74, 6) is -0.742. The number of nitrogens with zero attached hydrogens (tertiary/aromatic N) is 3. The van der Waals surface area contributed by atoms with E-state index in [-0.39, 0.29) is 18.1 Å². The first-order valence-corrected chi connectivity index (χ1v) is 11.7. The van der Waals surface area contributed by atoms with Gasteiger partial charge in [-0.1, -0.05) is 6.07 Å². The van der Waals surface area contributed by atoms with Crippen molar-refractivity contribution in [3.8, 4) is 11.3 Å². The molecule has 2 aromatic heterocycles. The lowest BCUT2D eigenvalue weighted by atomic mass is 10.0. The molecule has 5 nitrogen and oxygen atoms in total. The monoisotopic (exact) mass is 500 g/mol. The maximum atomic E-state index is 13.5. The average molecular weight is 501 g/mol. The van der Waals surface area contributed by atoms with Gasteiger partial charge in [0, 0.05) is 30.4 Å². The summed E-state index contributed by atoms with van der Waals surface area (Å²) < 4.78 is 54.5. The van der Waals surface area contributed by atoms with Crippen LogP contribution in [0, 0.1) is 5.82 Å². The molecule has 0 saturated carbocycles. The molecule has 0 atom stereocenters. The quantitative estimate of drug-likeness (QED) is 0.213. The summed E-state index contributed by atoms with van der Waals surface area (Å²) in [6, 6.07) is 13.2. The van der Waals surface area contributed by atoms with Crippen LogP contribution in [0.4, 0.5) is 23.2 Å². The number of amides is 1. The summed E-state index contributed by atoms with van der Waals surface area (Å²) in [5.41, 5.74) is 2.54. The van der Waals surface area contributed by atoms with Gasteiger partial charge in [0.25, 0.3) is 5.91 Å². The highest BCUT2D eigenvalue weighted by Gasteiger charge is 2.26. The molecule has 190 valence electrons. The van der Waals surface area contributed by atoms with Crippen LogP contribution in [-0.2, 0) is 12.1 Å². The minimum absolute atomic E-state index is 0.0591. The maximum Gasteiger partial charge on any atom is 0.389 e. The summed E-state index contributed by atoms with van der Waals surface area (Å²) in [6.45, 7) is 6.34. The van der Waals surface area contributed by atoms with Crippen LogP contribution in [-0.4, -0.2) is 26.4 Å². The molecule has 0 aliphatic heterocycles. The number of fused-ring (bicyclic) bond motifs is 1. The molecule has 0 spiro atoms. The number of rotatable bonds is 7. The van der Waals surface area contributed by atoms with E-state index >= 15 is 0 Å². The fourth-order valence-corrected chi connectivity index (χ4v) is 4.17. The van der Waals surface area contributed by atoms with Gasteiger partial charge in [-0.2, -0.15) is 18.3 Å². The molecule has 0 bridgehead atoms. The number of aryl methyl sites for hydroxylation is 1. The van der Waals surface area contributed by atoms with Crippen molar-refractivity contribution in [3.63, 3.8) is 0 Å². The number of halogens is 4. The topological polar surface area (TPSA) is 51.9 Å². The van der Waals surface area contributed by atoms with E-state index in [1.807, 2.05) is 49.7 Å². The van der Waals surface area contributed by atoms with Gasteiger partial charge in [-0.25, -0.2) is 4.39 Å². The third-order valence-corrected chi connectivity index (χ3v) is 5.91. The Bertz CT molecular complexity index is 1360. The Balaban J connectivity index is 1.58. The zero-order valence-electron chi connectivity index (χ0n) is 20.4. The molecule has 0 aliphatic carbocycles. The second-order valence-corrected chi connectivity index (χ2v) is 9.81. The molecule has 1 amide bonds. The van der Waals surface area contributed by atoms with E-state index in [4.69, 9.17) is 0 Å². The molecule has 36 heavy (non-hydrogen) atoms. The van der Waals surface area contributed by atoms with E-state index in [1.165, 1.54) is 18.3 Å². The van der Waals surface area contributed by atoms with E-state index < -0.39 is 18.1 Å². The Morgan fingerprint density at radius 2 is 1.72 bits per heavy atom. The van der Waals surface area contributed by atoms with Crippen LogP contribution in [0.2, 0.25) is 0 Å². The zero-order valence-corrected chi connectivity index (χ0v) is 20.4. The first-order valence-electron chi connectivity index (χ1n) is 11.7. The number of hydrogen-bond acceptors (Lipinski definition) is 2. The van der Waals surface area contributed by atoms with Gasteiger partial charge < -0.3 is 9.88 Å². The second kappa shape index (κ2) is 9.79. The molecular weight excluding hydrogens is 472 g/mol. The Labute approximate surface area is 206 Å². The van der Waals surface area contributed by atoms with Crippen LogP contribution < -0.4 is 5.32 Å². The third-order valence-electron chi connectivity index (χ3n) is 5.91. The van der Waals surface area contributed by atoms with Crippen LogP contribution in [0.1, 0.15) is 50.4 Å². The van der Waals surface area contributed by atoms with Crippen LogP contribution in [0.25, 0.3) is 22.2 Å². The number of unbranched alkanes of at least 4 members (excludes halogenated alkanes) is 1. The highest BCUT2D eigenvalue weighted by Crippen LogP contribution is 2.30. The molecule has 4 rings (SSSR count). The molecular formula is C27H28F4N4O. The van der Waals surface area contributed by atoms with Crippen molar-refractivity contribution in [1.29, 1.82) is 0 Å². The lowest BCUT2D eigenvalue weighted by molar-refractivity contribution is -0.135. The fourth-order valence-electron chi connectivity index (χ4n) is 4.17. The van der Waals surface area contributed by atoms with Crippen molar-refractivity contribution in [2.24, 2.45) is 0 Å². The van der Waals surface area contributed by atoms with Gasteiger partial charge in [-0.3, -0.25) is 9.48 Å². The number of alkyl halides is 3. The standard InChI is InChI=1S/C27H28F4N4O/c1-26(2,3)35-24(19-6-9-20(28)10-7-19)22(17-32-35)25(36)33-21-11-8-18-12-15-34(23(18)16-21)14-5-4-13-27(29,30)31/h6-12,15-17H,4-5,13-14H2,1-3H3,(H,33,36). The van der Waals surface area contributed by atoms with E-state index in [1.54, 1.807) is 22.9 Å². The number of benzene rings is 2. The average Bonchev–Trinajstić information content (AvgIpc) is 3.41. The zero-order chi connectivity index (χ0) is 26.1. The molecule has 0 aliphatic rings. The summed E-state index contributed by atoms with van der Waals surface area (Å²) in [6.07, 6.45) is -1.16. The van der Waals surface area contributed by atoms with Gasteiger partial charge >= 0.3 is 6.18 Å². The van der Waals surface area contributed by atoms with E-state index in [0.717, 1.165) is 10.9 Å². The van der Waals surface area contributed by atoms with Gasteiger partial charge in [-0.15, -0.1) is 0 Å². The van der Waals surface area contributed by atoms with Crippen molar-refractivity contribution in [3.05, 3.63) is 72.3 Å². The van der Waals surface area contributed by atoms with Crippen molar-refractivity contribution in [2.45, 2.75) is 58.3 Å². The maximum absolute atomic E-state index is 13.5. The van der Waals surface area contributed by atoms with Gasteiger partial charge in [-0.05, 0) is 81.5 Å². The number of carbonyl (C=O) groups excluding carboxylic acids is 1. The number of hydrogen-bond donors (Lipinski definition) is 1. The van der Waals surface area contributed by atoms with Crippen molar-refractivity contribution < 1.29 is 22.4 Å². The first-order chi connectivity index (χ1) is 16.9. The largest absolute Gasteiger partial charge is 0.389 e. The molecule has 4 aromatic rings. The van der Waals surface area contributed by atoms with Gasteiger partial charge in [0.2, 0.25) is 0 Å². The third kappa shape index (κ3) is 5.78. The Morgan fingerprint density at radius 3 is 2.39 bits per heavy atom. The number of anilines is 1. The number of carbonyl (C=O) groups is 1. The molecule has 0 saturated heterocycles. The predicted molar refractivity (Wildman–Crippen MR) is 132 cm³/mol. The molecule has 1 N–H and O–H groups in total. The molecule has 0 fully saturated rings. The molecule has 9 heteroatoms. The van der Waals surface area contributed by atoms with Crippen LogP contribution in [0.3, 0.4) is 0 Å². The van der Waals surface area contributed by atoms with Crippen molar-refractivity contribution in [2.75, 3.05) is 5.32 Å².